The van der Waals surface area contributed by atoms with Gasteiger partial charge in [0.1, 0.15) is 5.82 Å². The van der Waals surface area contributed by atoms with Crippen LogP contribution < -0.4 is 5.32 Å². The second-order valence-corrected chi connectivity index (χ2v) is 7.25. The van der Waals surface area contributed by atoms with Crippen molar-refractivity contribution < 1.29 is 9.18 Å². The van der Waals surface area contributed by atoms with E-state index < -0.39 is 0 Å². The van der Waals surface area contributed by atoms with Crippen LogP contribution in [0.2, 0.25) is 0 Å². The molecule has 1 amide bonds. The highest BCUT2D eigenvalue weighted by molar-refractivity contribution is 5.76. The van der Waals surface area contributed by atoms with Crippen molar-refractivity contribution in [3.05, 3.63) is 71.5 Å². The van der Waals surface area contributed by atoms with Crippen LogP contribution >= 0.6 is 0 Å². The van der Waals surface area contributed by atoms with Gasteiger partial charge in [-0.05, 0) is 62.0 Å². The Morgan fingerprint density at radius 1 is 1.12 bits per heavy atom. The highest BCUT2D eigenvalue weighted by Gasteiger charge is 2.22. The first kappa shape index (κ1) is 18.6. The first-order chi connectivity index (χ1) is 12.6. The van der Waals surface area contributed by atoms with Gasteiger partial charge in [-0.25, -0.2) is 4.39 Å². The van der Waals surface area contributed by atoms with Gasteiger partial charge in [0.2, 0.25) is 5.91 Å². The molecule has 1 atom stereocenters. The molecular weight excluding hydrogens is 327 g/mol. The van der Waals surface area contributed by atoms with Crippen molar-refractivity contribution >= 4 is 5.91 Å². The van der Waals surface area contributed by atoms with Crippen LogP contribution in [0.4, 0.5) is 4.39 Å². The fraction of sp³-hybridized carbons (Fsp3) is 0.409. The normalized spacial score (nSPS) is 17.0. The molecule has 1 aliphatic rings. The number of hydrogen-bond acceptors (Lipinski definition) is 2. The fourth-order valence-electron chi connectivity index (χ4n) is 3.58. The minimum absolute atomic E-state index is 0.0438. The molecule has 3 rings (SSSR count). The number of carbonyl (C=O) groups is 1. The maximum atomic E-state index is 13.0. The number of piperidine rings is 1. The zero-order valence-corrected chi connectivity index (χ0v) is 15.3. The van der Waals surface area contributed by atoms with Gasteiger partial charge in [0, 0.05) is 13.0 Å². The standard InChI is InChI=1S/C22H27FN2O/c1-17(20-5-3-2-4-6-20)24-22(26)15-18-11-13-25(14-12-18)16-19-7-9-21(23)10-8-19/h2-10,17-18H,11-16H2,1H3,(H,24,26). The van der Waals surface area contributed by atoms with E-state index in [2.05, 4.69) is 10.2 Å². The molecule has 0 radical (unpaired) electrons. The van der Waals surface area contributed by atoms with E-state index in [0.717, 1.165) is 43.6 Å². The minimum atomic E-state index is -0.191. The molecule has 26 heavy (non-hydrogen) atoms. The zero-order valence-electron chi connectivity index (χ0n) is 15.3. The van der Waals surface area contributed by atoms with Crippen molar-refractivity contribution in [3.8, 4) is 0 Å². The predicted octanol–water partition coefficient (Wildman–Crippen LogP) is 4.31. The lowest BCUT2D eigenvalue weighted by Gasteiger charge is -2.32. The Hall–Kier alpha value is -2.20. The van der Waals surface area contributed by atoms with Crippen molar-refractivity contribution in [1.29, 1.82) is 0 Å². The number of likely N-dealkylation sites (tertiary alicyclic amines) is 1. The smallest absolute Gasteiger partial charge is 0.220 e. The van der Waals surface area contributed by atoms with Crippen molar-refractivity contribution in [2.45, 2.75) is 38.8 Å². The summed E-state index contributed by atoms with van der Waals surface area (Å²) in [5, 5.41) is 3.11. The molecule has 1 fully saturated rings. The largest absolute Gasteiger partial charge is 0.350 e. The maximum absolute atomic E-state index is 13.0. The number of hydrogen-bond donors (Lipinski definition) is 1. The van der Waals surface area contributed by atoms with E-state index >= 15 is 0 Å². The van der Waals surface area contributed by atoms with Gasteiger partial charge in [-0.15, -0.1) is 0 Å². The molecule has 1 aliphatic heterocycles. The van der Waals surface area contributed by atoms with Crippen LogP contribution in [0, 0.1) is 11.7 Å². The van der Waals surface area contributed by atoms with E-state index in [-0.39, 0.29) is 17.8 Å². The first-order valence-corrected chi connectivity index (χ1v) is 9.41. The molecule has 138 valence electrons. The van der Waals surface area contributed by atoms with E-state index in [1.54, 1.807) is 0 Å². The van der Waals surface area contributed by atoms with Crippen LogP contribution in [0.3, 0.4) is 0 Å². The third kappa shape index (κ3) is 5.40. The van der Waals surface area contributed by atoms with Gasteiger partial charge in [-0.2, -0.15) is 0 Å². The molecule has 0 saturated carbocycles. The van der Waals surface area contributed by atoms with Gasteiger partial charge in [-0.3, -0.25) is 9.69 Å². The quantitative estimate of drug-likeness (QED) is 0.839. The molecule has 2 aromatic rings. The molecule has 0 aromatic heterocycles. The summed E-state index contributed by atoms with van der Waals surface area (Å²) in [4.78, 5) is 14.7. The molecular formula is C22H27FN2O. The number of benzene rings is 2. The zero-order chi connectivity index (χ0) is 18.4. The lowest BCUT2D eigenvalue weighted by atomic mass is 9.92. The van der Waals surface area contributed by atoms with Crippen molar-refractivity contribution in [3.63, 3.8) is 0 Å². The number of amides is 1. The monoisotopic (exact) mass is 354 g/mol. The van der Waals surface area contributed by atoms with Crippen molar-refractivity contribution in [2.75, 3.05) is 13.1 Å². The predicted molar refractivity (Wildman–Crippen MR) is 102 cm³/mol. The molecule has 2 aromatic carbocycles. The van der Waals surface area contributed by atoms with Gasteiger partial charge >= 0.3 is 0 Å². The van der Waals surface area contributed by atoms with E-state index in [1.165, 1.54) is 12.1 Å². The minimum Gasteiger partial charge on any atom is -0.350 e. The summed E-state index contributed by atoms with van der Waals surface area (Å²) in [6.45, 7) is 4.86. The summed E-state index contributed by atoms with van der Waals surface area (Å²) in [6.07, 6.45) is 2.67. The Morgan fingerprint density at radius 2 is 1.77 bits per heavy atom. The third-order valence-corrected chi connectivity index (χ3v) is 5.18. The van der Waals surface area contributed by atoms with Gasteiger partial charge in [0.05, 0.1) is 6.04 Å². The third-order valence-electron chi connectivity index (χ3n) is 5.18. The second-order valence-electron chi connectivity index (χ2n) is 7.25. The van der Waals surface area contributed by atoms with E-state index in [9.17, 15) is 9.18 Å². The Balaban J connectivity index is 1.40. The van der Waals surface area contributed by atoms with E-state index in [4.69, 9.17) is 0 Å². The molecule has 3 nitrogen and oxygen atoms in total. The first-order valence-electron chi connectivity index (χ1n) is 9.41. The van der Waals surface area contributed by atoms with Gasteiger partial charge in [0.15, 0.2) is 0 Å². The lowest BCUT2D eigenvalue weighted by Crippen LogP contribution is -2.36. The summed E-state index contributed by atoms with van der Waals surface area (Å²) in [6, 6.07) is 16.8. The van der Waals surface area contributed by atoms with Crippen molar-refractivity contribution in [1.82, 2.24) is 10.2 Å². The Bertz CT molecular complexity index is 694. The van der Waals surface area contributed by atoms with Crippen LogP contribution in [0.25, 0.3) is 0 Å². The number of rotatable bonds is 6. The summed E-state index contributed by atoms with van der Waals surface area (Å²) in [7, 11) is 0. The SMILES string of the molecule is CC(NC(=O)CC1CCN(Cc2ccc(F)cc2)CC1)c1ccccc1. The summed E-state index contributed by atoms with van der Waals surface area (Å²) >= 11 is 0. The van der Waals surface area contributed by atoms with Gasteiger partial charge in [0.25, 0.3) is 0 Å². The van der Waals surface area contributed by atoms with Gasteiger partial charge < -0.3 is 5.32 Å². The molecule has 1 N–H and O–H groups in total. The highest BCUT2D eigenvalue weighted by atomic mass is 19.1. The van der Waals surface area contributed by atoms with Crippen molar-refractivity contribution in [2.24, 2.45) is 5.92 Å². The molecule has 1 saturated heterocycles. The fourth-order valence-corrected chi connectivity index (χ4v) is 3.58. The Morgan fingerprint density at radius 3 is 2.42 bits per heavy atom. The average Bonchev–Trinajstić information content (AvgIpc) is 2.66. The Kier molecular flexibility index (Phi) is 6.40. The number of nitrogens with zero attached hydrogens (tertiary/aromatic N) is 1. The van der Waals surface area contributed by atoms with Crippen LogP contribution in [0.1, 0.15) is 43.4 Å². The number of carbonyl (C=O) groups excluding carboxylic acids is 1. The van der Waals surface area contributed by atoms with Crippen LogP contribution in [-0.4, -0.2) is 23.9 Å². The number of nitrogens with one attached hydrogen (secondary N) is 1. The van der Waals surface area contributed by atoms with Gasteiger partial charge in [-0.1, -0.05) is 42.5 Å². The molecule has 1 heterocycles. The van der Waals surface area contributed by atoms with Crippen LogP contribution in [0.5, 0.6) is 0 Å². The maximum Gasteiger partial charge on any atom is 0.220 e. The summed E-state index contributed by atoms with van der Waals surface area (Å²) in [5.74, 6) is 0.393. The van der Waals surface area contributed by atoms with Crippen LogP contribution in [0.15, 0.2) is 54.6 Å². The lowest BCUT2D eigenvalue weighted by molar-refractivity contribution is -0.123. The molecule has 0 bridgehead atoms. The Labute approximate surface area is 155 Å². The second kappa shape index (κ2) is 8.95. The topological polar surface area (TPSA) is 32.3 Å². The van der Waals surface area contributed by atoms with E-state index in [0.29, 0.717) is 12.3 Å². The van der Waals surface area contributed by atoms with E-state index in [1.807, 2.05) is 49.4 Å². The molecule has 4 heteroatoms. The average molecular weight is 354 g/mol. The molecule has 0 spiro atoms. The van der Waals surface area contributed by atoms with Crippen LogP contribution in [-0.2, 0) is 11.3 Å². The summed E-state index contributed by atoms with van der Waals surface area (Å²) < 4.78 is 13.0. The summed E-state index contributed by atoms with van der Waals surface area (Å²) in [5.41, 5.74) is 2.27. The number of halogens is 1. The molecule has 1 unspecified atom stereocenters. The highest BCUT2D eigenvalue weighted by Crippen LogP contribution is 2.22. The molecule has 0 aliphatic carbocycles.